The summed E-state index contributed by atoms with van der Waals surface area (Å²) < 4.78 is 44.8. The van der Waals surface area contributed by atoms with E-state index < -0.39 is 36.0 Å². The van der Waals surface area contributed by atoms with Crippen LogP contribution in [0.4, 0.5) is 18.9 Å². The van der Waals surface area contributed by atoms with Crippen LogP contribution >= 0.6 is 11.6 Å². The van der Waals surface area contributed by atoms with E-state index in [1.807, 2.05) is 0 Å². The number of ether oxygens (including phenoxy) is 1. The fourth-order valence-electron chi connectivity index (χ4n) is 3.21. The fraction of sp³-hybridized carbons (Fsp3) is 0.667. The molecule has 0 spiro atoms. The van der Waals surface area contributed by atoms with E-state index in [4.69, 9.17) is 22.1 Å². The Bertz CT molecular complexity index is 800. The van der Waals surface area contributed by atoms with Crippen LogP contribution in [-0.4, -0.2) is 85.8 Å². The molecule has 0 saturated carbocycles. The zero-order valence-electron chi connectivity index (χ0n) is 17.9. The molecule has 1 aliphatic rings. The van der Waals surface area contributed by atoms with Gasteiger partial charge in [-0.15, -0.1) is 16.5 Å². The first-order valence-electron chi connectivity index (χ1n) is 9.75. The minimum atomic E-state index is -4.69. The summed E-state index contributed by atoms with van der Waals surface area (Å²) in [6.07, 6.45) is -5.92. The predicted molar refractivity (Wildman–Crippen MR) is 113 cm³/mol. The molecule has 4 atom stereocenters. The maximum Gasteiger partial charge on any atom is 0.433 e. The van der Waals surface area contributed by atoms with Gasteiger partial charge in [-0.2, -0.15) is 13.2 Å². The number of amides is 1. The number of alkyl halides is 4. The molecule has 2 heterocycles. The number of rotatable bonds is 9. The van der Waals surface area contributed by atoms with E-state index in [0.29, 0.717) is 25.7 Å². The molecule has 1 saturated heterocycles. The first-order valence-corrected chi connectivity index (χ1v) is 10.2. The summed E-state index contributed by atoms with van der Waals surface area (Å²) in [6, 6.07) is 0.710. The summed E-state index contributed by atoms with van der Waals surface area (Å²) in [6.45, 7) is 1.29. The standard InChI is InChI=1S/C18H27ClF3N7O3/c1-28(2)4-5-32-12-6-13(18(20,21)22)24-8-11(12)26-17(30)14(15(23)27-31)16-25-7-10(19)9-29(16)3/h6,8,10,14-16,25H,4-5,7,9,23H2,1-3H3,(H,26,30). The average Bonchev–Trinajstić information content (AvgIpc) is 2.69. The Hall–Kier alpha value is -2.06. The second-order valence-electron chi connectivity index (χ2n) is 7.72. The molecule has 2 rings (SSSR count). The predicted octanol–water partition coefficient (Wildman–Crippen LogP) is 1.12. The van der Waals surface area contributed by atoms with Crippen molar-refractivity contribution in [2.45, 2.75) is 23.9 Å². The van der Waals surface area contributed by atoms with Gasteiger partial charge < -0.3 is 20.7 Å². The molecular formula is C18H27ClF3N7O3. The number of nitrogens with zero attached hydrogens (tertiary/aromatic N) is 4. The van der Waals surface area contributed by atoms with Crippen molar-refractivity contribution >= 4 is 23.2 Å². The normalized spacial score (nSPS) is 21.8. The van der Waals surface area contributed by atoms with Crippen LogP contribution in [0.2, 0.25) is 0 Å². The molecule has 10 nitrogen and oxygen atoms in total. The maximum atomic E-state index is 13.1. The Labute approximate surface area is 188 Å². The fourth-order valence-corrected chi connectivity index (χ4v) is 3.51. The van der Waals surface area contributed by atoms with Gasteiger partial charge in [-0.1, -0.05) is 5.18 Å². The summed E-state index contributed by atoms with van der Waals surface area (Å²) in [5.74, 6) is -2.09. The van der Waals surface area contributed by atoms with E-state index in [1.54, 1.807) is 30.9 Å². The van der Waals surface area contributed by atoms with Crippen molar-refractivity contribution in [1.82, 2.24) is 20.1 Å². The molecule has 0 aliphatic carbocycles. The highest BCUT2D eigenvalue weighted by molar-refractivity contribution is 6.21. The van der Waals surface area contributed by atoms with E-state index in [9.17, 15) is 22.9 Å². The van der Waals surface area contributed by atoms with E-state index in [1.165, 1.54) is 0 Å². The van der Waals surface area contributed by atoms with Crippen LogP contribution in [0.5, 0.6) is 5.75 Å². The van der Waals surface area contributed by atoms with Crippen LogP contribution in [0.1, 0.15) is 5.69 Å². The smallest absolute Gasteiger partial charge is 0.433 e. The maximum absolute atomic E-state index is 13.1. The summed E-state index contributed by atoms with van der Waals surface area (Å²) in [5, 5.41) is 8.10. The molecule has 1 amide bonds. The number of halogens is 4. The average molecular weight is 482 g/mol. The minimum absolute atomic E-state index is 0.0695. The summed E-state index contributed by atoms with van der Waals surface area (Å²) in [5.41, 5.74) is 4.54. The largest absolute Gasteiger partial charge is 0.490 e. The van der Waals surface area contributed by atoms with Crippen LogP contribution in [0.3, 0.4) is 0 Å². The van der Waals surface area contributed by atoms with Crippen molar-refractivity contribution in [1.29, 1.82) is 0 Å². The number of nitrogens with two attached hydrogens (primary N) is 1. The number of carbonyl (C=O) groups excluding carboxylic acids is 1. The first-order chi connectivity index (χ1) is 14.9. The summed E-state index contributed by atoms with van der Waals surface area (Å²) >= 11 is 6.11. The van der Waals surface area contributed by atoms with Gasteiger partial charge in [0, 0.05) is 25.7 Å². The third-order valence-corrected chi connectivity index (χ3v) is 5.14. The number of likely N-dealkylation sites (N-methyl/N-ethyl adjacent to an activating group) is 1. The van der Waals surface area contributed by atoms with Crippen LogP contribution in [0.15, 0.2) is 17.4 Å². The second kappa shape index (κ2) is 11.2. The molecule has 14 heteroatoms. The number of pyridine rings is 1. The SMILES string of the molecule is CN(C)CCOc1cc(C(F)(F)F)ncc1NC(=O)C(C(N)N=O)C1NCC(Cl)CN1C. The van der Waals surface area contributed by atoms with Gasteiger partial charge in [-0.3, -0.25) is 15.0 Å². The van der Waals surface area contributed by atoms with Crippen LogP contribution in [-0.2, 0) is 11.0 Å². The Kier molecular flexibility index (Phi) is 9.16. The van der Waals surface area contributed by atoms with Crippen molar-refractivity contribution < 1.29 is 22.7 Å². The lowest BCUT2D eigenvalue weighted by Gasteiger charge is -2.40. The van der Waals surface area contributed by atoms with Gasteiger partial charge in [0.1, 0.15) is 29.7 Å². The van der Waals surface area contributed by atoms with E-state index in [2.05, 4.69) is 20.8 Å². The number of carbonyl (C=O) groups is 1. The molecule has 1 fully saturated rings. The van der Waals surface area contributed by atoms with E-state index >= 15 is 0 Å². The molecule has 32 heavy (non-hydrogen) atoms. The molecule has 1 aliphatic heterocycles. The van der Waals surface area contributed by atoms with Crippen molar-refractivity contribution in [3.8, 4) is 5.75 Å². The molecule has 0 radical (unpaired) electrons. The van der Waals surface area contributed by atoms with Crippen LogP contribution in [0.25, 0.3) is 0 Å². The molecule has 1 aromatic rings. The van der Waals surface area contributed by atoms with E-state index in [0.717, 1.165) is 6.20 Å². The molecule has 4 N–H and O–H groups in total. The first kappa shape index (κ1) is 26.2. The molecule has 180 valence electrons. The highest BCUT2D eigenvalue weighted by Crippen LogP contribution is 2.34. The Balaban J connectivity index is 2.30. The molecule has 4 unspecified atom stereocenters. The zero-order valence-corrected chi connectivity index (χ0v) is 18.7. The van der Waals surface area contributed by atoms with E-state index in [-0.39, 0.29) is 23.4 Å². The van der Waals surface area contributed by atoms with Gasteiger partial charge in [0.05, 0.1) is 17.7 Å². The topological polar surface area (TPSA) is 125 Å². The molecule has 1 aromatic heterocycles. The lowest BCUT2D eigenvalue weighted by Crippen LogP contribution is -2.62. The molecule has 0 bridgehead atoms. The number of hydrogen-bond donors (Lipinski definition) is 3. The van der Waals surface area contributed by atoms with Crippen LogP contribution < -0.4 is 21.1 Å². The third-order valence-electron chi connectivity index (χ3n) is 4.85. The number of nitroso groups, excluding NO2 is 1. The van der Waals surface area contributed by atoms with Gasteiger partial charge in [-0.05, 0) is 21.1 Å². The van der Waals surface area contributed by atoms with Crippen molar-refractivity contribution in [3.05, 3.63) is 22.9 Å². The third kappa shape index (κ3) is 6.97. The highest BCUT2D eigenvalue weighted by atomic mass is 35.5. The number of nitrogens with one attached hydrogen (secondary N) is 2. The quantitative estimate of drug-likeness (QED) is 0.354. The minimum Gasteiger partial charge on any atom is -0.490 e. The molecule has 0 aromatic carbocycles. The van der Waals surface area contributed by atoms with Crippen LogP contribution in [0, 0.1) is 10.8 Å². The van der Waals surface area contributed by atoms with Gasteiger partial charge in [0.25, 0.3) is 0 Å². The van der Waals surface area contributed by atoms with Gasteiger partial charge in [-0.25, -0.2) is 4.98 Å². The number of anilines is 1. The number of hydrogen-bond acceptors (Lipinski definition) is 9. The molecular weight excluding hydrogens is 455 g/mol. The zero-order chi connectivity index (χ0) is 24.1. The van der Waals surface area contributed by atoms with Crippen molar-refractivity contribution in [3.63, 3.8) is 0 Å². The summed E-state index contributed by atoms with van der Waals surface area (Å²) in [4.78, 5) is 31.1. The van der Waals surface area contributed by atoms with Crippen molar-refractivity contribution in [2.24, 2.45) is 16.8 Å². The monoisotopic (exact) mass is 481 g/mol. The highest BCUT2D eigenvalue weighted by Gasteiger charge is 2.40. The lowest BCUT2D eigenvalue weighted by atomic mass is 9.98. The summed E-state index contributed by atoms with van der Waals surface area (Å²) in [7, 11) is 5.24. The van der Waals surface area contributed by atoms with Gasteiger partial charge in [0.15, 0.2) is 6.17 Å². The Morgan fingerprint density at radius 3 is 2.78 bits per heavy atom. The van der Waals surface area contributed by atoms with Gasteiger partial charge in [0.2, 0.25) is 5.91 Å². The van der Waals surface area contributed by atoms with Gasteiger partial charge >= 0.3 is 6.18 Å². The van der Waals surface area contributed by atoms with Crippen molar-refractivity contribution in [2.75, 3.05) is 52.7 Å². The second-order valence-corrected chi connectivity index (χ2v) is 8.33. The Morgan fingerprint density at radius 1 is 1.53 bits per heavy atom. The Morgan fingerprint density at radius 2 is 2.22 bits per heavy atom. The number of aromatic nitrogens is 1. The lowest BCUT2D eigenvalue weighted by molar-refractivity contribution is -0.141.